The molecule has 142 valence electrons. The molecule has 0 spiro atoms. The maximum Gasteiger partial charge on any atom is 0.244 e. The Balaban J connectivity index is 1.83. The largest absolute Gasteiger partial charge is 0.397 e. The van der Waals surface area contributed by atoms with Gasteiger partial charge in [0.25, 0.3) is 0 Å². The summed E-state index contributed by atoms with van der Waals surface area (Å²) in [4.78, 5) is 10.5. The number of benzene rings is 1. The van der Waals surface area contributed by atoms with Gasteiger partial charge in [-0.1, -0.05) is 11.9 Å². The molecule has 1 aromatic heterocycles. The van der Waals surface area contributed by atoms with Crippen molar-refractivity contribution in [2.75, 3.05) is 48.1 Å². The van der Waals surface area contributed by atoms with Crippen molar-refractivity contribution in [1.29, 1.82) is 5.26 Å². The monoisotopic (exact) mass is 392 g/mol. The van der Waals surface area contributed by atoms with Crippen LogP contribution in [0.5, 0.6) is 0 Å². The zero-order chi connectivity index (χ0) is 19.6. The highest BCUT2D eigenvalue weighted by Gasteiger charge is 2.23. The minimum atomic E-state index is -1.15. The molecule has 4 N–H and O–H groups in total. The van der Waals surface area contributed by atoms with Crippen LogP contribution in [-0.4, -0.2) is 46.7 Å². The first kappa shape index (κ1) is 19.1. The topological polar surface area (TPSA) is 111 Å². The van der Waals surface area contributed by atoms with Gasteiger partial charge in [0.1, 0.15) is 23.1 Å². The van der Waals surface area contributed by atoms with Crippen molar-refractivity contribution in [3.63, 3.8) is 0 Å². The number of hydrogen-bond donors (Lipinski definition) is 2. The SMILES string of the molecule is CSN1CCN(c2cnc(N(N)c3c(N)cc(F)c(C#N)c3F)nc2)CC1. The van der Waals surface area contributed by atoms with Crippen LogP contribution in [0, 0.1) is 23.0 Å². The number of halogens is 2. The summed E-state index contributed by atoms with van der Waals surface area (Å²) in [6.45, 7) is 3.50. The van der Waals surface area contributed by atoms with Gasteiger partial charge in [-0.2, -0.15) is 5.26 Å². The van der Waals surface area contributed by atoms with Crippen LogP contribution in [0.2, 0.25) is 0 Å². The van der Waals surface area contributed by atoms with Crippen LogP contribution < -0.4 is 21.5 Å². The van der Waals surface area contributed by atoms with Crippen LogP contribution in [0.15, 0.2) is 18.5 Å². The summed E-state index contributed by atoms with van der Waals surface area (Å²) < 4.78 is 30.3. The Kier molecular flexibility index (Phi) is 5.59. The number of nitrogens with zero attached hydrogens (tertiary/aromatic N) is 6. The van der Waals surface area contributed by atoms with Crippen molar-refractivity contribution in [3.05, 3.63) is 35.7 Å². The molecule has 2 aromatic rings. The summed E-state index contributed by atoms with van der Waals surface area (Å²) in [6.07, 6.45) is 5.21. The van der Waals surface area contributed by atoms with Crippen molar-refractivity contribution < 1.29 is 8.78 Å². The number of nitriles is 1. The molecule has 1 fully saturated rings. The van der Waals surface area contributed by atoms with Gasteiger partial charge in [-0.05, 0) is 6.26 Å². The van der Waals surface area contributed by atoms with Gasteiger partial charge >= 0.3 is 0 Å². The Hall–Kier alpha value is -2.68. The molecule has 0 atom stereocenters. The Labute approximate surface area is 159 Å². The molecule has 0 unspecified atom stereocenters. The highest BCUT2D eigenvalue weighted by Crippen LogP contribution is 2.32. The fourth-order valence-corrected chi connectivity index (χ4v) is 3.33. The first-order chi connectivity index (χ1) is 13.0. The van der Waals surface area contributed by atoms with E-state index in [4.69, 9.17) is 16.8 Å². The number of hydrazine groups is 1. The average Bonchev–Trinajstić information content (AvgIpc) is 2.68. The second kappa shape index (κ2) is 7.91. The van der Waals surface area contributed by atoms with Crippen molar-refractivity contribution in [2.24, 2.45) is 5.84 Å². The molecule has 3 rings (SSSR count). The van der Waals surface area contributed by atoms with Crippen molar-refractivity contribution in [2.45, 2.75) is 0 Å². The maximum atomic E-state index is 14.4. The molecule has 1 saturated heterocycles. The molecular formula is C16H18F2N8S. The zero-order valence-corrected chi connectivity index (χ0v) is 15.4. The van der Waals surface area contributed by atoms with E-state index < -0.39 is 17.2 Å². The summed E-state index contributed by atoms with van der Waals surface area (Å²) in [5, 5.41) is 9.72. The third kappa shape index (κ3) is 3.73. The Morgan fingerprint density at radius 2 is 1.85 bits per heavy atom. The normalized spacial score (nSPS) is 14.9. The Bertz CT molecular complexity index is 862. The predicted molar refractivity (Wildman–Crippen MR) is 101 cm³/mol. The molecule has 27 heavy (non-hydrogen) atoms. The average molecular weight is 392 g/mol. The van der Waals surface area contributed by atoms with Crippen LogP contribution in [-0.2, 0) is 0 Å². The van der Waals surface area contributed by atoms with E-state index in [0.717, 1.165) is 42.9 Å². The van der Waals surface area contributed by atoms with E-state index in [-0.39, 0.29) is 17.3 Å². The fourth-order valence-electron chi connectivity index (χ4n) is 2.81. The number of hydrogen-bond acceptors (Lipinski definition) is 9. The molecule has 1 aliphatic rings. The molecule has 0 saturated carbocycles. The summed E-state index contributed by atoms with van der Waals surface area (Å²) in [5.74, 6) is 3.66. The summed E-state index contributed by atoms with van der Waals surface area (Å²) in [5.41, 5.74) is 5.12. The standard InChI is InChI=1S/C16H18F2N8S/c1-27-25-4-2-24(3-5-25)10-8-22-16(23-9-10)26(21)15-13(20)6-12(17)11(7-19)14(15)18/h6,8-9H,2-5,20-21H2,1H3. The third-order valence-electron chi connectivity index (χ3n) is 4.28. The van der Waals surface area contributed by atoms with Gasteiger partial charge in [0.15, 0.2) is 5.82 Å². The van der Waals surface area contributed by atoms with Crippen LogP contribution in [0.3, 0.4) is 0 Å². The zero-order valence-electron chi connectivity index (χ0n) is 14.6. The minimum Gasteiger partial charge on any atom is -0.397 e. The molecular weight excluding hydrogens is 374 g/mol. The van der Waals surface area contributed by atoms with Gasteiger partial charge < -0.3 is 10.6 Å². The van der Waals surface area contributed by atoms with E-state index in [0.29, 0.717) is 0 Å². The summed E-state index contributed by atoms with van der Waals surface area (Å²) in [6, 6.07) is 2.30. The molecule has 2 heterocycles. The van der Waals surface area contributed by atoms with Crippen LogP contribution in [0.1, 0.15) is 5.56 Å². The van der Waals surface area contributed by atoms with Crippen LogP contribution in [0.25, 0.3) is 0 Å². The van der Waals surface area contributed by atoms with Gasteiger partial charge in [-0.15, -0.1) is 0 Å². The van der Waals surface area contributed by atoms with Gasteiger partial charge in [0, 0.05) is 32.2 Å². The van der Waals surface area contributed by atoms with E-state index >= 15 is 0 Å². The number of aromatic nitrogens is 2. The lowest BCUT2D eigenvalue weighted by Gasteiger charge is -2.34. The number of nitrogens with two attached hydrogens (primary N) is 2. The minimum absolute atomic E-state index is 0.0254. The number of nitrogen functional groups attached to an aromatic ring is 1. The maximum absolute atomic E-state index is 14.4. The first-order valence-corrected chi connectivity index (χ1v) is 9.22. The van der Waals surface area contributed by atoms with E-state index in [9.17, 15) is 8.78 Å². The molecule has 8 nitrogen and oxygen atoms in total. The summed E-state index contributed by atoms with van der Waals surface area (Å²) >= 11 is 1.71. The lowest BCUT2D eigenvalue weighted by molar-refractivity contribution is 0.430. The van der Waals surface area contributed by atoms with Crippen molar-refractivity contribution in [1.82, 2.24) is 14.3 Å². The number of rotatable bonds is 4. The van der Waals surface area contributed by atoms with Gasteiger partial charge in [0.2, 0.25) is 5.95 Å². The Morgan fingerprint density at radius 1 is 1.22 bits per heavy atom. The van der Waals surface area contributed by atoms with Crippen molar-refractivity contribution in [3.8, 4) is 6.07 Å². The molecule has 1 aliphatic heterocycles. The van der Waals surface area contributed by atoms with E-state index in [1.807, 2.05) is 6.26 Å². The molecule has 1 aromatic carbocycles. The molecule has 0 aliphatic carbocycles. The van der Waals surface area contributed by atoms with Crippen molar-refractivity contribution >= 4 is 35.0 Å². The molecule has 11 heteroatoms. The molecule has 0 bridgehead atoms. The highest BCUT2D eigenvalue weighted by molar-refractivity contribution is 7.96. The predicted octanol–water partition coefficient (Wildman–Crippen LogP) is 1.62. The van der Waals surface area contributed by atoms with E-state index in [2.05, 4.69) is 19.2 Å². The van der Waals surface area contributed by atoms with Gasteiger partial charge in [-0.25, -0.2) is 33.9 Å². The van der Waals surface area contributed by atoms with Gasteiger partial charge in [-0.3, -0.25) is 0 Å². The quantitative estimate of drug-likeness (QED) is 0.347. The smallest absolute Gasteiger partial charge is 0.244 e. The Morgan fingerprint density at radius 3 is 2.41 bits per heavy atom. The lowest BCUT2D eigenvalue weighted by Crippen LogP contribution is -2.43. The third-order valence-corrected chi connectivity index (χ3v) is 5.16. The van der Waals surface area contributed by atoms with E-state index in [1.165, 1.54) is 6.07 Å². The second-order valence-electron chi connectivity index (χ2n) is 5.81. The molecule has 0 radical (unpaired) electrons. The number of anilines is 4. The lowest BCUT2D eigenvalue weighted by atomic mass is 10.1. The highest BCUT2D eigenvalue weighted by atomic mass is 32.2. The second-order valence-corrected chi connectivity index (χ2v) is 6.69. The van der Waals surface area contributed by atoms with Crippen LogP contribution >= 0.6 is 11.9 Å². The number of piperazine rings is 1. The molecule has 0 amide bonds. The fraction of sp³-hybridized carbons (Fsp3) is 0.312. The summed E-state index contributed by atoms with van der Waals surface area (Å²) in [7, 11) is 0. The first-order valence-electron chi connectivity index (χ1n) is 8.04. The van der Waals surface area contributed by atoms with Crippen LogP contribution in [0.4, 0.5) is 31.8 Å². The van der Waals surface area contributed by atoms with Gasteiger partial charge in [0.05, 0.1) is 23.8 Å². The van der Waals surface area contributed by atoms with E-state index in [1.54, 1.807) is 24.3 Å².